The molecule has 6 heteroatoms. The van der Waals surface area contributed by atoms with Crippen LogP contribution < -0.4 is 15.4 Å². The quantitative estimate of drug-likeness (QED) is 0.879. The van der Waals surface area contributed by atoms with E-state index in [0.29, 0.717) is 17.2 Å². The van der Waals surface area contributed by atoms with Gasteiger partial charge in [0.25, 0.3) is 0 Å². The van der Waals surface area contributed by atoms with Crippen LogP contribution in [0.2, 0.25) is 0 Å². The molecular weight excluding hydrogens is 318 g/mol. The lowest BCUT2D eigenvalue weighted by Crippen LogP contribution is -2.40. The highest BCUT2D eigenvalue weighted by molar-refractivity contribution is 5.93. The largest absolute Gasteiger partial charge is 0.455 e. The van der Waals surface area contributed by atoms with Crippen molar-refractivity contribution in [2.75, 3.05) is 25.0 Å². The second-order valence-electron chi connectivity index (χ2n) is 5.81. The maximum absolute atomic E-state index is 12.1. The van der Waals surface area contributed by atoms with Crippen LogP contribution in [0.25, 0.3) is 0 Å². The van der Waals surface area contributed by atoms with Crippen LogP contribution in [0.15, 0.2) is 54.6 Å². The van der Waals surface area contributed by atoms with Gasteiger partial charge in [-0.3, -0.25) is 4.79 Å². The molecule has 1 aliphatic heterocycles. The Morgan fingerprint density at radius 2 is 1.64 bits per heavy atom. The molecule has 3 amide bonds. The van der Waals surface area contributed by atoms with E-state index >= 15 is 0 Å². The minimum absolute atomic E-state index is 0.00641. The Balaban J connectivity index is 1.56. The molecule has 1 heterocycles. The number of benzene rings is 2. The zero-order chi connectivity index (χ0) is 17.5. The average molecular weight is 339 g/mol. The lowest BCUT2D eigenvalue weighted by molar-refractivity contribution is -0.128. The summed E-state index contributed by atoms with van der Waals surface area (Å²) in [5.74, 6) is 1.16. The third-order valence-corrected chi connectivity index (χ3v) is 3.97. The molecular formula is C19H21N3O3. The standard InChI is InChI=1S/C19H21N3O3/c23-18(22-12-6-7-13-22)14-20-19(24)21-16-10-4-5-11-17(16)25-15-8-2-1-3-9-15/h1-5,8-11H,6-7,12-14H2,(H2,20,21,24). The van der Waals surface area contributed by atoms with Gasteiger partial charge in [-0.1, -0.05) is 30.3 Å². The highest BCUT2D eigenvalue weighted by Gasteiger charge is 2.18. The molecule has 0 radical (unpaired) electrons. The molecule has 0 spiro atoms. The van der Waals surface area contributed by atoms with Crippen LogP contribution in [0, 0.1) is 0 Å². The summed E-state index contributed by atoms with van der Waals surface area (Å²) in [6.07, 6.45) is 2.06. The lowest BCUT2D eigenvalue weighted by atomic mass is 10.3. The summed E-state index contributed by atoms with van der Waals surface area (Å²) in [6.45, 7) is 1.54. The van der Waals surface area contributed by atoms with Crippen LogP contribution in [0.4, 0.5) is 10.5 Å². The highest BCUT2D eigenvalue weighted by atomic mass is 16.5. The van der Waals surface area contributed by atoms with E-state index in [2.05, 4.69) is 10.6 Å². The third-order valence-electron chi connectivity index (χ3n) is 3.97. The Kier molecular flexibility index (Phi) is 5.51. The van der Waals surface area contributed by atoms with Crippen LogP contribution >= 0.6 is 0 Å². The average Bonchev–Trinajstić information content (AvgIpc) is 3.17. The number of nitrogens with zero attached hydrogens (tertiary/aromatic N) is 1. The van der Waals surface area contributed by atoms with Gasteiger partial charge in [-0.05, 0) is 37.1 Å². The molecule has 130 valence electrons. The van der Waals surface area contributed by atoms with E-state index in [9.17, 15) is 9.59 Å². The molecule has 0 aliphatic carbocycles. The summed E-state index contributed by atoms with van der Waals surface area (Å²) in [7, 11) is 0. The molecule has 0 unspecified atom stereocenters. The summed E-state index contributed by atoms with van der Waals surface area (Å²) >= 11 is 0. The van der Waals surface area contributed by atoms with Crippen LogP contribution in [-0.4, -0.2) is 36.5 Å². The zero-order valence-electron chi connectivity index (χ0n) is 13.9. The SMILES string of the molecule is O=C(NCC(=O)N1CCCC1)Nc1ccccc1Oc1ccccc1. The number of rotatable bonds is 5. The summed E-state index contributed by atoms with van der Waals surface area (Å²) in [5, 5.41) is 5.33. The van der Waals surface area contributed by atoms with E-state index in [1.54, 1.807) is 17.0 Å². The maximum atomic E-state index is 12.1. The van der Waals surface area contributed by atoms with Crippen molar-refractivity contribution in [2.45, 2.75) is 12.8 Å². The number of ether oxygens (including phenoxy) is 1. The monoisotopic (exact) mass is 339 g/mol. The maximum Gasteiger partial charge on any atom is 0.319 e. The molecule has 6 nitrogen and oxygen atoms in total. The second-order valence-corrected chi connectivity index (χ2v) is 5.81. The highest BCUT2D eigenvalue weighted by Crippen LogP contribution is 2.28. The Morgan fingerprint density at radius 3 is 2.40 bits per heavy atom. The minimum Gasteiger partial charge on any atom is -0.455 e. The van der Waals surface area contributed by atoms with Gasteiger partial charge in [0.2, 0.25) is 5.91 Å². The molecule has 0 aromatic heterocycles. The van der Waals surface area contributed by atoms with E-state index < -0.39 is 6.03 Å². The normalized spacial score (nSPS) is 13.4. The number of amides is 3. The summed E-state index contributed by atoms with van der Waals surface area (Å²) in [4.78, 5) is 25.8. The molecule has 3 rings (SSSR count). The number of hydrogen-bond acceptors (Lipinski definition) is 3. The van der Waals surface area contributed by atoms with Gasteiger partial charge in [0.05, 0.1) is 12.2 Å². The van der Waals surface area contributed by atoms with Crippen LogP contribution in [0.5, 0.6) is 11.5 Å². The zero-order valence-corrected chi connectivity index (χ0v) is 13.9. The first-order valence-corrected chi connectivity index (χ1v) is 8.37. The van der Waals surface area contributed by atoms with Gasteiger partial charge in [-0.25, -0.2) is 4.79 Å². The summed E-state index contributed by atoms with van der Waals surface area (Å²) in [5.41, 5.74) is 0.539. The fourth-order valence-corrected chi connectivity index (χ4v) is 2.68. The van der Waals surface area contributed by atoms with E-state index in [1.165, 1.54) is 0 Å². The second kappa shape index (κ2) is 8.19. The number of hydrogen-bond donors (Lipinski definition) is 2. The first-order valence-electron chi connectivity index (χ1n) is 8.37. The lowest BCUT2D eigenvalue weighted by Gasteiger charge is -2.16. The van der Waals surface area contributed by atoms with Gasteiger partial charge in [0.1, 0.15) is 5.75 Å². The van der Waals surface area contributed by atoms with Gasteiger partial charge >= 0.3 is 6.03 Å². The van der Waals surface area contributed by atoms with Crippen LogP contribution in [-0.2, 0) is 4.79 Å². The number of likely N-dealkylation sites (tertiary alicyclic amines) is 1. The Morgan fingerprint density at radius 1 is 0.960 bits per heavy atom. The first kappa shape index (κ1) is 16.8. The summed E-state index contributed by atoms with van der Waals surface area (Å²) < 4.78 is 5.80. The van der Waals surface area contributed by atoms with E-state index in [0.717, 1.165) is 25.9 Å². The molecule has 2 N–H and O–H groups in total. The fraction of sp³-hybridized carbons (Fsp3) is 0.263. The van der Waals surface area contributed by atoms with Crippen LogP contribution in [0.1, 0.15) is 12.8 Å². The summed E-state index contributed by atoms with van der Waals surface area (Å²) in [6, 6.07) is 16.1. The molecule has 25 heavy (non-hydrogen) atoms. The molecule has 1 aliphatic rings. The van der Waals surface area contributed by atoms with E-state index in [-0.39, 0.29) is 12.5 Å². The van der Waals surface area contributed by atoms with Gasteiger partial charge in [-0.2, -0.15) is 0 Å². The van der Waals surface area contributed by atoms with Crippen molar-refractivity contribution in [3.05, 3.63) is 54.6 Å². The van der Waals surface area contributed by atoms with Gasteiger partial charge in [0, 0.05) is 13.1 Å². The Hall–Kier alpha value is -3.02. The molecule has 2 aromatic rings. The Labute approximate surface area is 146 Å². The fourth-order valence-electron chi connectivity index (χ4n) is 2.68. The van der Waals surface area contributed by atoms with E-state index in [1.807, 2.05) is 42.5 Å². The third kappa shape index (κ3) is 4.73. The topological polar surface area (TPSA) is 70.7 Å². The number of para-hydroxylation sites is 3. The van der Waals surface area contributed by atoms with Crippen molar-refractivity contribution < 1.29 is 14.3 Å². The predicted molar refractivity (Wildman–Crippen MR) is 95.8 cm³/mol. The van der Waals surface area contributed by atoms with Crippen molar-refractivity contribution in [1.29, 1.82) is 0 Å². The molecule has 0 atom stereocenters. The molecule has 1 fully saturated rings. The van der Waals surface area contributed by atoms with Crippen molar-refractivity contribution in [2.24, 2.45) is 0 Å². The molecule has 1 saturated heterocycles. The van der Waals surface area contributed by atoms with Crippen molar-refractivity contribution in [3.63, 3.8) is 0 Å². The van der Waals surface area contributed by atoms with Gasteiger partial charge in [0.15, 0.2) is 5.75 Å². The van der Waals surface area contributed by atoms with Gasteiger partial charge < -0.3 is 20.3 Å². The predicted octanol–water partition coefficient (Wildman–Crippen LogP) is 3.22. The smallest absolute Gasteiger partial charge is 0.319 e. The molecule has 2 aromatic carbocycles. The minimum atomic E-state index is -0.434. The van der Waals surface area contributed by atoms with Crippen LogP contribution in [0.3, 0.4) is 0 Å². The number of carbonyl (C=O) groups is 2. The Bertz CT molecular complexity index is 728. The van der Waals surface area contributed by atoms with Crippen molar-refractivity contribution in [3.8, 4) is 11.5 Å². The number of urea groups is 1. The number of anilines is 1. The van der Waals surface area contributed by atoms with Crippen molar-refractivity contribution >= 4 is 17.6 Å². The van der Waals surface area contributed by atoms with E-state index in [4.69, 9.17) is 4.74 Å². The number of carbonyl (C=O) groups excluding carboxylic acids is 2. The molecule has 0 saturated carbocycles. The van der Waals surface area contributed by atoms with Gasteiger partial charge in [-0.15, -0.1) is 0 Å². The molecule has 0 bridgehead atoms. The number of nitrogens with one attached hydrogen (secondary N) is 2. The van der Waals surface area contributed by atoms with Crippen molar-refractivity contribution in [1.82, 2.24) is 10.2 Å². The first-order chi connectivity index (χ1) is 12.2.